The minimum Gasteiger partial charge on any atom is -0.377 e. The van der Waals surface area contributed by atoms with Crippen molar-refractivity contribution >= 4 is 41.5 Å². The van der Waals surface area contributed by atoms with Crippen molar-refractivity contribution < 1.29 is 9.53 Å². The Morgan fingerprint density at radius 1 is 1.34 bits per heavy atom. The Morgan fingerprint density at radius 2 is 2.19 bits per heavy atom. The molecule has 1 aromatic carbocycles. The third kappa shape index (κ3) is 7.73. The first-order valence-corrected chi connectivity index (χ1v) is 11.0. The van der Waals surface area contributed by atoms with Gasteiger partial charge < -0.3 is 20.7 Å². The monoisotopic (exact) mass is 555 g/mol. The predicted molar refractivity (Wildman–Crippen MR) is 136 cm³/mol. The van der Waals surface area contributed by atoms with Gasteiger partial charge in [0.2, 0.25) is 5.91 Å². The van der Waals surface area contributed by atoms with Gasteiger partial charge in [-0.05, 0) is 37.5 Å². The molecule has 0 radical (unpaired) electrons. The van der Waals surface area contributed by atoms with E-state index in [1.165, 1.54) is 0 Å². The van der Waals surface area contributed by atoms with Gasteiger partial charge in [-0.3, -0.25) is 4.79 Å². The molecular formula is C22H34IN7O2. The standard InChI is InChI=1S/C22H33N7O2.HI/c1-4-7-21(30)25-17-9-6-8-16(12-17)13-24-22(23-5-2)26-18-10-11-20-27-19(15-31-3)28-29(20)14-18;/h6,8-9,12,18H,4-5,7,10-11,13-15H2,1-3H3,(H,25,30)(H2,23,24,26);1H. The van der Waals surface area contributed by atoms with E-state index in [4.69, 9.17) is 9.73 Å². The highest BCUT2D eigenvalue weighted by molar-refractivity contribution is 14.0. The zero-order valence-corrected chi connectivity index (χ0v) is 21.4. The van der Waals surface area contributed by atoms with Gasteiger partial charge in [0.1, 0.15) is 12.4 Å². The molecule has 1 unspecified atom stereocenters. The number of aryl methyl sites for hydroxylation is 1. The molecule has 1 aliphatic rings. The highest BCUT2D eigenvalue weighted by Crippen LogP contribution is 2.14. The number of nitrogens with zero attached hydrogens (tertiary/aromatic N) is 4. The first-order valence-electron chi connectivity index (χ1n) is 11.0. The molecule has 2 heterocycles. The van der Waals surface area contributed by atoms with Crippen LogP contribution >= 0.6 is 24.0 Å². The third-order valence-electron chi connectivity index (χ3n) is 4.97. The topological polar surface area (TPSA) is 105 Å². The van der Waals surface area contributed by atoms with E-state index >= 15 is 0 Å². The lowest BCUT2D eigenvalue weighted by Gasteiger charge is -2.25. The first-order chi connectivity index (χ1) is 15.1. The molecule has 0 bridgehead atoms. The number of nitrogens with one attached hydrogen (secondary N) is 3. The predicted octanol–water partition coefficient (Wildman–Crippen LogP) is 2.85. The number of rotatable bonds is 9. The lowest BCUT2D eigenvalue weighted by Crippen LogP contribution is -2.47. The number of benzene rings is 1. The number of carbonyl (C=O) groups is 1. The number of halogens is 1. The Balaban J connectivity index is 0.00000363. The van der Waals surface area contributed by atoms with Gasteiger partial charge in [0.25, 0.3) is 0 Å². The Bertz CT molecular complexity index is 900. The van der Waals surface area contributed by atoms with E-state index < -0.39 is 0 Å². The van der Waals surface area contributed by atoms with Crippen LogP contribution in [0.3, 0.4) is 0 Å². The van der Waals surface area contributed by atoms with Gasteiger partial charge in [-0.25, -0.2) is 14.7 Å². The number of guanidine groups is 1. The summed E-state index contributed by atoms with van der Waals surface area (Å²) < 4.78 is 7.10. The van der Waals surface area contributed by atoms with Crippen molar-refractivity contribution in [1.29, 1.82) is 0 Å². The van der Waals surface area contributed by atoms with Crippen LogP contribution in [0, 0.1) is 0 Å². The van der Waals surface area contributed by atoms with Gasteiger partial charge in [-0.2, -0.15) is 5.10 Å². The minimum absolute atomic E-state index is 0. The number of hydrogen-bond acceptors (Lipinski definition) is 5. The summed E-state index contributed by atoms with van der Waals surface area (Å²) in [6, 6.07) is 8.06. The fourth-order valence-corrected chi connectivity index (χ4v) is 3.55. The van der Waals surface area contributed by atoms with Gasteiger partial charge in [0.15, 0.2) is 11.8 Å². The maximum atomic E-state index is 11.8. The quantitative estimate of drug-likeness (QED) is 0.250. The van der Waals surface area contributed by atoms with Crippen molar-refractivity contribution in [2.75, 3.05) is 19.0 Å². The van der Waals surface area contributed by atoms with E-state index in [9.17, 15) is 4.79 Å². The number of methoxy groups -OCH3 is 1. The number of aliphatic imine (C=N–C) groups is 1. The van der Waals surface area contributed by atoms with Gasteiger partial charge in [0.05, 0.1) is 13.1 Å². The Labute approximate surface area is 206 Å². The van der Waals surface area contributed by atoms with Gasteiger partial charge in [0, 0.05) is 38.2 Å². The van der Waals surface area contributed by atoms with Crippen LogP contribution in [0.25, 0.3) is 0 Å². The van der Waals surface area contributed by atoms with Crippen molar-refractivity contribution in [3.8, 4) is 0 Å². The normalized spacial score (nSPS) is 15.5. The molecule has 0 fully saturated rings. The summed E-state index contributed by atoms with van der Waals surface area (Å²) in [7, 11) is 1.65. The summed E-state index contributed by atoms with van der Waals surface area (Å²) in [6.45, 7) is 6.52. The van der Waals surface area contributed by atoms with Crippen LogP contribution in [0.1, 0.15) is 50.3 Å². The zero-order chi connectivity index (χ0) is 22.1. The number of carbonyl (C=O) groups excluding carboxylic acids is 1. The average Bonchev–Trinajstić information content (AvgIpc) is 3.14. The second kappa shape index (κ2) is 13.4. The fraction of sp³-hybridized carbons (Fsp3) is 0.545. The molecule has 176 valence electrons. The SMILES string of the molecule is CCCC(=O)Nc1cccc(CN=C(NCC)NC2CCc3nc(COC)nn3C2)c1.I. The van der Waals surface area contributed by atoms with E-state index in [0.717, 1.165) is 61.2 Å². The summed E-state index contributed by atoms with van der Waals surface area (Å²) >= 11 is 0. The Hall–Kier alpha value is -2.21. The Kier molecular flexibility index (Phi) is 10.9. The number of fused-ring (bicyclic) bond motifs is 1. The van der Waals surface area contributed by atoms with Crippen molar-refractivity contribution in [2.45, 2.75) is 65.3 Å². The number of anilines is 1. The highest BCUT2D eigenvalue weighted by Gasteiger charge is 2.22. The first kappa shape index (κ1) is 26.0. The summed E-state index contributed by atoms with van der Waals surface area (Å²) in [5, 5.41) is 14.3. The van der Waals surface area contributed by atoms with Gasteiger partial charge in [-0.15, -0.1) is 24.0 Å². The van der Waals surface area contributed by atoms with E-state index in [-0.39, 0.29) is 35.9 Å². The molecule has 9 nitrogen and oxygen atoms in total. The lowest BCUT2D eigenvalue weighted by molar-refractivity contribution is -0.116. The molecule has 0 aliphatic carbocycles. The van der Waals surface area contributed by atoms with Gasteiger partial charge in [-0.1, -0.05) is 19.1 Å². The average molecular weight is 555 g/mol. The molecule has 1 aromatic heterocycles. The number of ether oxygens (including phenoxy) is 1. The Morgan fingerprint density at radius 3 is 2.94 bits per heavy atom. The third-order valence-corrected chi connectivity index (χ3v) is 4.97. The molecule has 1 amide bonds. The van der Waals surface area contributed by atoms with E-state index in [1.54, 1.807) is 7.11 Å². The minimum atomic E-state index is 0. The fourth-order valence-electron chi connectivity index (χ4n) is 3.55. The van der Waals surface area contributed by atoms with Crippen LogP contribution in [0.5, 0.6) is 0 Å². The van der Waals surface area contributed by atoms with E-state index in [2.05, 4.69) is 33.0 Å². The van der Waals surface area contributed by atoms with Crippen LogP contribution in [-0.4, -0.2) is 46.3 Å². The molecule has 1 atom stereocenters. The van der Waals surface area contributed by atoms with Gasteiger partial charge >= 0.3 is 0 Å². The largest absolute Gasteiger partial charge is 0.377 e. The van der Waals surface area contributed by atoms with Crippen LogP contribution in [0.2, 0.25) is 0 Å². The maximum absolute atomic E-state index is 11.8. The number of hydrogen-bond donors (Lipinski definition) is 3. The van der Waals surface area contributed by atoms with Crippen LogP contribution in [0.4, 0.5) is 5.69 Å². The van der Waals surface area contributed by atoms with Crippen molar-refractivity contribution in [3.05, 3.63) is 41.5 Å². The summed E-state index contributed by atoms with van der Waals surface area (Å²) in [5.74, 6) is 2.55. The second-order valence-corrected chi connectivity index (χ2v) is 7.63. The summed E-state index contributed by atoms with van der Waals surface area (Å²) in [4.78, 5) is 21.1. The van der Waals surface area contributed by atoms with Crippen LogP contribution < -0.4 is 16.0 Å². The number of amides is 1. The molecule has 2 aromatic rings. The smallest absolute Gasteiger partial charge is 0.224 e. The molecule has 10 heteroatoms. The lowest BCUT2D eigenvalue weighted by atomic mass is 10.1. The second-order valence-electron chi connectivity index (χ2n) is 7.63. The molecule has 0 saturated heterocycles. The molecule has 0 spiro atoms. The molecule has 3 rings (SSSR count). The summed E-state index contributed by atoms with van der Waals surface area (Å²) in [6.07, 6.45) is 3.19. The highest BCUT2D eigenvalue weighted by atomic mass is 127. The molecule has 0 saturated carbocycles. The van der Waals surface area contributed by atoms with Crippen molar-refractivity contribution in [3.63, 3.8) is 0 Å². The van der Waals surface area contributed by atoms with Crippen LogP contribution in [0.15, 0.2) is 29.3 Å². The number of aromatic nitrogens is 3. The maximum Gasteiger partial charge on any atom is 0.224 e. The van der Waals surface area contributed by atoms with E-state index in [0.29, 0.717) is 19.6 Å². The molecule has 1 aliphatic heterocycles. The van der Waals surface area contributed by atoms with Crippen LogP contribution in [-0.2, 0) is 35.6 Å². The molecule has 3 N–H and O–H groups in total. The zero-order valence-electron chi connectivity index (χ0n) is 19.1. The summed E-state index contributed by atoms with van der Waals surface area (Å²) in [5.41, 5.74) is 1.85. The molecule has 32 heavy (non-hydrogen) atoms. The van der Waals surface area contributed by atoms with Crippen molar-refractivity contribution in [2.24, 2.45) is 4.99 Å². The molecular weight excluding hydrogens is 521 g/mol. The van der Waals surface area contributed by atoms with E-state index in [1.807, 2.05) is 35.9 Å². The van der Waals surface area contributed by atoms with Crippen molar-refractivity contribution in [1.82, 2.24) is 25.4 Å².